The van der Waals surface area contributed by atoms with Crippen LogP contribution in [0.15, 0.2) is 97.1 Å². The van der Waals surface area contributed by atoms with E-state index in [4.69, 9.17) is 0 Å². The molecule has 0 N–H and O–H groups in total. The molecule has 0 spiro atoms. The van der Waals surface area contributed by atoms with Crippen molar-refractivity contribution in [2.24, 2.45) is 0 Å². The second-order valence-electron chi connectivity index (χ2n) is 15.3. The van der Waals surface area contributed by atoms with Crippen molar-refractivity contribution in [2.75, 3.05) is 9.80 Å². The van der Waals surface area contributed by atoms with Gasteiger partial charge in [-0.05, 0) is 153 Å². The number of hydrogen-bond acceptors (Lipinski definition) is 2. The second-order valence-corrected chi connectivity index (χ2v) is 15.3. The second kappa shape index (κ2) is 10.9. The highest BCUT2D eigenvalue weighted by Crippen LogP contribution is 2.56. The van der Waals surface area contributed by atoms with Gasteiger partial charge < -0.3 is 9.80 Å². The maximum atomic E-state index is 2.61. The summed E-state index contributed by atoms with van der Waals surface area (Å²) in [4.78, 5) is 5.15. The van der Waals surface area contributed by atoms with Crippen LogP contribution in [0.2, 0.25) is 0 Å². The molecule has 0 bridgehead atoms. The molecule has 7 aromatic rings. The van der Waals surface area contributed by atoms with Crippen LogP contribution in [0.4, 0.5) is 34.1 Å². The molecular formula is C47H43BN2. The summed E-state index contributed by atoms with van der Waals surface area (Å²) in [7, 11) is 0. The van der Waals surface area contributed by atoms with Gasteiger partial charge >= 0.3 is 0 Å². The molecule has 2 aliphatic heterocycles. The summed E-state index contributed by atoms with van der Waals surface area (Å²) in [5, 5.41) is 5.17. The first-order chi connectivity index (χ1) is 24.0. The fourth-order valence-corrected chi connectivity index (χ4v) is 8.96. The molecule has 244 valence electrons. The minimum atomic E-state index is 0.0769. The third-order valence-corrected chi connectivity index (χ3v) is 11.6. The molecule has 3 heteroatoms. The summed E-state index contributed by atoms with van der Waals surface area (Å²) >= 11 is 0. The van der Waals surface area contributed by atoms with E-state index in [1.54, 1.807) is 0 Å². The van der Waals surface area contributed by atoms with Gasteiger partial charge in [-0.15, -0.1) is 0 Å². The number of benzene rings is 7. The summed E-state index contributed by atoms with van der Waals surface area (Å²) in [5.41, 5.74) is 23.5. The Labute approximate surface area is 297 Å². The van der Waals surface area contributed by atoms with Gasteiger partial charge in [0.05, 0.1) is 22.7 Å². The van der Waals surface area contributed by atoms with E-state index < -0.39 is 0 Å². The van der Waals surface area contributed by atoms with Gasteiger partial charge in [0.2, 0.25) is 6.71 Å². The Kier molecular flexibility index (Phi) is 6.68. The lowest BCUT2D eigenvalue weighted by Gasteiger charge is -2.46. The van der Waals surface area contributed by atoms with Crippen LogP contribution in [0.1, 0.15) is 50.1 Å². The van der Waals surface area contributed by atoms with Crippen molar-refractivity contribution in [2.45, 2.75) is 62.3 Å². The van der Waals surface area contributed by atoms with E-state index in [1.165, 1.54) is 122 Å². The average molecular weight is 647 g/mol. The van der Waals surface area contributed by atoms with Crippen molar-refractivity contribution in [1.82, 2.24) is 0 Å². The van der Waals surface area contributed by atoms with Gasteiger partial charge in [0.1, 0.15) is 0 Å². The normalized spacial score (nSPS) is 13.2. The molecule has 50 heavy (non-hydrogen) atoms. The van der Waals surface area contributed by atoms with Crippen LogP contribution in [0.3, 0.4) is 0 Å². The average Bonchev–Trinajstić information content (AvgIpc) is 3.06. The third kappa shape index (κ3) is 4.42. The standard InChI is InChI=1S/C47H43BN2/c1-26-10-13-38(14-11-26)49-42-23-35-19-29(4)30(5)20-36(35)24-43(42)50-41-15-12-27(2)18-40(41)48(45-33(8)16-28(3)17-34(45)9)46-39-22-32(7)31(6)21-37(39)25-44(49)47(46)50/h10-25H,1-9H3. The van der Waals surface area contributed by atoms with Crippen LogP contribution in [0.25, 0.3) is 21.5 Å². The zero-order chi connectivity index (χ0) is 34.7. The lowest BCUT2D eigenvalue weighted by Crippen LogP contribution is -2.59. The van der Waals surface area contributed by atoms with Crippen LogP contribution < -0.4 is 26.2 Å². The Morgan fingerprint density at radius 1 is 0.380 bits per heavy atom. The van der Waals surface area contributed by atoms with Crippen molar-refractivity contribution < 1.29 is 0 Å². The lowest BCUT2D eigenvalue weighted by atomic mass is 9.33. The highest BCUT2D eigenvalue weighted by atomic mass is 15.3. The molecule has 2 aliphatic rings. The first kappa shape index (κ1) is 30.8. The Morgan fingerprint density at radius 2 is 0.920 bits per heavy atom. The predicted molar refractivity (Wildman–Crippen MR) is 218 cm³/mol. The van der Waals surface area contributed by atoms with Gasteiger partial charge in [-0.25, -0.2) is 0 Å². The van der Waals surface area contributed by atoms with E-state index in [0.29, 0.717) is 0 Å². The van der Waals surface area contributed by atoms with E-state index in [2.05, 4.69) is 169 Å². The van der Waals surface area contributed by atoms with Gasteiger partial charge in [-0.1, -0.05) is 93.9 Å². The fraction of sp³-hybridized carbons (Fsp3) is 0.191. The molecule has 2 heterocycles. The van der Waals surface area contributed by atoms with E-state index in [9.17, 15) is 0 Å². The zero-order valence-electron chi connectivity index (χ0n) is 30.7. The molecule has 0 amide bonds. The fourth-order valence-electron chi connectivity index (χ4n) is 8.96. The predicted octanol–water partition coefficient (Wildman–Crippen LogP) is 10.9. The molecule has 2 nitrogen and oxygen atoms in total. The van der Waals surface area contributed by atoms with Crippen LogP contribution in [-0.4, -0.2) is 6.71 Å². The molecule has 9 rings (SSSR count). The molecule has 0 unspecified atom stereocenters. The van der Waals surface area contributed by atoms with E-state index >= 15 is 0 Å². The summed E-state index contributed by atoms with van der Waals surface area (Å²) in [6.07, 6.45) is 0. The number of rotatable bonds is 2. The Hall–Kier alpha value is -5.28. The van der Waals surface area contributed by atoms with Crippen LogP contribution >= 0.6 is 0 Å². The van der Waals surface area contributed by atoms with Crippen LogP contribution in [-0.2, 0) is 0 Å². The first-order valence-corrected chi connectivity index (χ1v) is 18.0. The van der Waals surface area contributed by atoms with Crippen molar-refractivity contribution in [1.29, 1.82) is 0 Å². The summed E-state index contributed by atoms with van der Waals surface area (Å²) in [5.74, 6) is 0. The van der Waals surface area contributed by atoms with Crippen LogP contribution in [0, 0.1) is 62.3 Å². The largest absolute Gasteiger partial charge is 0.307 e. The minimum Gasteiger partial charge on any atom is -0.307 e. The Morgan fingerprint density at radius 3 is 1.56 bits per heavy atom. The molecule has 7 aromatic carbocycles. The topological polar surface area (TPSA) is 6.48 Å². The maximum absolute atomic E-state index is 2.61. The van der Waals surface area contributed by atoms with Crippen molar-refractivity contribution >= 4 is 78.8 Å². The molecule has 0 fully saturated rings. The zero-order valence-corrected chi connectivity index (χ0v) is 30.7. The highest BCUT2D eigenvalue weighted by molar-refractivity contribution is 7.00. The van der Waals surface area contributed by atoms with Crippen molar-refractivity contribution in [3.8, 4) is 0 Å². The van der Waals surface area contributed by atoms with Gasteiger partial charge in [-0.2, -0.15) is 0 Å². The van der Waals surface area contributed by atoms with Crippen molar-refractivity contribution in [3.63, 3.8) is 0 Å². The monoisotopic (exact) mass is 646 g/mol. The quantitative estimate of drug-likeness (QED) is 0.173. The third-order valence-electron chi connectivity index (χ3n) is 11.6. The number of anilines is 6. The number of aryl methyl sites for hydroxylation is 9. The molecule has 0 aliphatic carbocycles. The van der Waals surface area contributed by atoms with Gasteiger partial charge in [-0.3, -0.25) is 0 Å². The SMILES string of the molecule is Cc1ccc(N2c3cc4cc(C)c(C)cc4cc3N3c4ccc(C)cc4B(c4c(C)cc(C)cc4C)c4c3c2cc2cc(C)c(C)cc42)cc1. The number of nitrogens with zero attached hydrogens (tertiary/aromatic N) is 2. The smallest absolute Gasteiger partial charge is 0.248 e. The van der Waals surface area contributed by atoms with E-state index in [1.807, 2.05) is 0 Å². The van der Waals surface area contributed by atoms with Gasteiger partial charge in [0.15, 0.2) is 0 Å². The Balaban J connectivity index is 1.50. The molecule has 0 aromatic heterocycles. The van der Waals surface area contributed by atoms with Crippen LogP contribution in [0.5, 0.6) is 0 Å². The maximum Gasteiger partial charge on any atom is 0.248 e. The molecular weight excluding hydrogens is 603 g/mol. The van der Waals surface area contributed by atoms with Crippen molar-refractivity contribution in [3.05, 3.63) is 147 Å². The minimum absolute atomic E-state index is 0.0769. The molecule has 0 radical (unpaired) electrons. The van der Waals surface area contributed by atoms with E-state index in [-0.39, 0.29) is 6.71 Å². The van der Waals surface area contributed by atoms with Gasteiger partial charge in [0.25, 0.3) is 0 Å². The Bertz CT molecular complexity index is 2570. The summed E-state index contributed by atoms with van der Waals surface area (Å²) in [6.45, 7) is 20.3. The lowest BCUT2D eigenvalue weighted by molar-refractivity contribution is 1.18. The molecule has 0 saturated heterocycles. The molecule has 0 atom stereocenters. The van der Waals surface area contributed by atoms with Gasteiger partial charge in [0, 0.05) is 11.4 Å². The first-order valence-electron chi connectivity index (χ1n) is 18.0. The number of fused-ring (bicyclic) bond motifs is 7. The van der Waals surface area contributed by atoms with E-state index in [0.717, 1.165) is 0 Å². The highest BCUT2D eigenvalue weighted by Gasteiger charge is 2.44. The molecule has 0 saturated carbocycles. The number of hydrogen-bond donors (Lipinski definition) is 0. The summed E-state index contributed by atoms with van der Waals surface area (Å²) < 4.78 is 0. The summed E-state index contributed by atoms with van der Waals surface area (Å²) in [6, 6.07) is 37.9.